The Hall–Kier alpha value is -3.92. The van der Waals surface area contributed by atoms with E-state index in [0.29, 0.717) is 17.9 Å². The zero-order chi connectivity index (χ0) is 20.6. The first-order valence-electron chi connectivity index (χ1n) is 9.82. The zero-order valence-electron chi connectivity index (χ0n) is 16.4. The van der Waals surface area contributed by atoms with E-state index < -0.39 is 0 Å². The molecule has 4 aromatic rings. The van der Waals surface area contributed by atoms with Crippen molar-refractivity contribution in [1.29, 1.82) is 0 Å². The molecule has 1 heterocycles. The first kappa shape index (κ1) is 19.4. The fraction of sp³-hybridized carbons (Fsp3) is 0.0769. The van der Waals surface area contributed by atoms with Crippen LogP contribution in [0.15, 0.2) is 109 Å². The highest BCUT2D eigenvalue weighted by molar-refractivity contribution is 5.94. The van der Waals surface area contributed by atoms with Crippen molar-refractivity contribution < 1.29 is 9.53 Å². The molecule has 0 aliphatic rings. The Bertz CT molecular complexity index is 1030. The molecule has 0 spiro atoms. The highest BCUT2D eigenvalue weighted by atomic mass is 16.5. The number of carbonyl (C=O) groups is 1. The van der Waals surface area contributed by atoms with Gasteiger partial charge in [0.2, 0.25) is 0 Å². The van der Waals surface area contributed by atoms with Crippen molar-refractivity contribution in [1.82, 2.24) is 10.3 Å². The van der Waals surface area contributed by atoms with Gasteiger partial charge in [0.1, 0.15) is 12.4 Å². The lowest BCUT2D eigenvalue weighted by atomic mass is 9.98. The molecule has 4 heteroatoms. The standard InChI is InChI=1S/C26H22N2O2/c29-26(23-13-15-24(16-14-23)30-19-20-8-7-17-27-18-20)28-25(21-9-3-1-4-10-21)22-11-5-2-6-12-22/h1-18,25H,19H2,(H,28,29). The SMILES string of the molecule is O=C(NC(c1ccccc1)c1ccccc1)c1ccc(OCc2cccnc2)cc1. The summed E-state index contributed by atoms with van der Waals surface area (Å²) in [6.07, 6.45) is 3.50. The largest absolute Gasteiger partial charge is 0.489 e. The van der Waals surface area contributed by atoms with Crippen molar-refractivity contribution in [3.05, 3.63) is 132 Å². The van der Waals surface area contributed by atoms with E-state index >= 15 is 0 Å². The van der Waals surface area contributed by atoms with Crippen LogP contribution in [0.1, 0.15) is 33.1 Å². The molecule has 3 aromatic carbocycles. The highest BCUT2D eigenvalue weighted by Gasteiger charge is 2.17. The molecule has 4 nitrogen and oxygen atoms in total. The lowest BCUT2D eigenvalue weighted by Gasteiger charge is -2.20. The summed E-state index contributed by atoms with van der Waals surface area (Å²) < 4.78 is 5.77. The van der Waals surface area contributed by atoms with Crippen molar-refractivity contribution in [2.75, 3.05) is 0 Å². The lowest BCUT2D eigenvalue weighted by Crippen LogP contribution is -2.29. The first-order chi connectivity index (χ1) is 14.8. The predicted octanol–water partition coefficient (Wildman–Crippen LogP) is 5.18. The number of carbonyl (C=O) groups excluding carboxylic acids is 1. The summed E-state index contributed by atoms with van der Waals surface area (Å²) in [5, 5.41) is 3.16. The van der Waals surface area contributed by atoms with Crippen LogP contribution in [0.3, 0.4) is 0 Å². The van der Waals surface area contributed by atoms with E-state index in [-0.39, 0.29) is 11.9 Å². The van der Waals surface area contributed by atoms with Gasteiger partial charge in [0.15, 0.2) is 0 Å². The number of nitrogens with zero attached hydrogens (tertiary/aromatic N) is 1. The number of amides is 1. The van der Waals surface area contributed by atoms with Crippen LogP contribution in [0.25, 0.3) is 0 Å². The highest BCUT2D eigenvalue weighted by Crippen LogP contribution is 2.23. The van der Waals surface area contributed by atoms with Gasteiger partial charge < -0.3 is 10.1 Å². The Balaban J connectivity index is 1.46. The number of nitrogens with one attached hydrogen (secondary N) is 1. The molecule has 148 valence electrons. The zero-order valence-corrected chi connectivity index (χ0v) is 16.4. The summed E-state index contributed by atoms with van der Waals surface area (Å²) in [7, 11) is 0. The predicted molar refractivity (Wildman–Crippen MR) is 117 cm³/mol. The molecule has 0 atom stereocenters. The maximum absolute atomic E-state index is 12.9. The molecule has 4 rings (SSSR count). The van der Waals surface area contributed by atoms with Crippen molar-refractivity contribution in [3.8, 4) is 5.75 Å². The number of pyridine rings is 1. The quantitative estimate of drug-likeness (QED) is 0.470. The number of rotatable bonds is 7. The molecule has 0 aliphatic heterocycles. The van der Waals surface area contributed by atoms with E-state index in [0.717, 1.165) is 16.7 Å². The number of hydrogen-bond donors (Lipinski definition) is 1. The normalized spacial score (nSPS) is 10.6. The van der Waals surface area contributed by atoms with Gasteiger partial charge in [-0.1, -0.05) is 66.7 Å². The summed E-state index contributed by atoms with van der Waals surface area (Å²) >= 11 is 0. The van der Waals surface area contributed by atoms with Crippen LogP contribution in [0.2, 0.25) is 0 Å². The average Bonchev–Trinajstić information content (AvgIpc) is 2.83. The topological polar surface area (TPSA) is 51.2 Å². The number of hydrogen-bond acceptors (Lipinski definition) is 3. The molecular formula is C26H22N2O2. The number of aromatic nitrogens is 1. The van der Waals surface area contributed by atoms with Gasteiger partial charge in [-0.25, -0.2) is 0 Å². The van der Waals surface area contributed by atoms with Gasteiger partial charge >= 0.3 is 0 Å². The molecule has 30 heavy (non-hydrogen) atoms. The van der Waals surface area contributed by atoms with Crippen molar-refractivity contribution in [2.24, 2.45) is 0 Å². The molecule has 0 saturated heterocycles. The second kappa shape index (κ2) is 9.52. The summed E-state index contributed by atoms with van der Waals surface area (Å²) in [5.74, 6) is 0.574. The molecule has 0 aliphatic carbocycles. The van der Waals surface area contributed by atoms with Gasteiger partial charge in [-0.2, -0.15) is 0 Å². The fourth-order valence-corrected chi connectivity index (χ4v) is 3.22. The van der Waals surface area contributed by atoms with Gasteiger partial charge in [-0.3, -0.25) is 9.78 Å². The minimum Gasteiger partial charge on any atom is -0.489 e. The van der Waals surface area contributed by atoms with Crippen LogP contribution < -0.4 is 10.1 Å². The lowest BCUT2D eigenvalue weighted by molar-refractivity contribution is 0.0943. The smallest absolute Gasteiger partial charge is 0.252 e. The second-order valence-corrected chi connectivity index (χ2v) is 6.90. The molecule has 1 aromatic heterocycles. The van der Waals surface area contributed by atoms with Crippen molar-refractivity contribution >= 4 is 5.91 Å². The molecular weight excluding hydrogens is 372 g/mol. The third kappa shape index (κ3) is 4.92. The van der Waals surface area contributed by atoms with Crippen LogP contribution in [-0.2, 0) is 6.61 Å². The van der Waals surface area contributed by atoms with Gasteiger partial charge in [-0.15, -0.1) is 0 Å². The van der Waals surface area contributed by atoms with E-state index in [9.17, 15) is 4.79 Å². The maximum atomic E-state index is 12.9. The Labute approximate surface area is 176 Å². The molecule has 1 N–H and O–H groups in total. The summed E-state index contributed by atoms with van der Waals surface area (Å²) in [6.45, 7) is 0.434. The van der Waals surface area contributed by atoms with Gasteiger partial charge in [-0.05, 0) is 41.5 Å². The molecule has 1 amide bonds. The van der Waals surface area contributed by atoms with Crippen LogP contribution in [0, 0.1) is 0 Å². The fourth-order valence-electron chi connectivity index (χ4n) is 3.22. The summed E-state index contributed by atoms with van der Waals surface area (Å²) in [6, 6.07) is 30.7. The minimum absolute atomic E-state index is 0.133. The maximum Gasteiger partial charge on any atom is 0.252 e. The van der Waals surface area contributed by atoms with Crippen LogP contribution >= 0.6 is 0 Å². The molecule has 0 fully saturated rings. The van der Waals surface area contributed by atoms with E-state index in [1.807, 2.05) is 84.9 Å². The Morgan fingerprint density at radius 3 is 2.00 bits per heavy atom. The van der Waals surface area contributed by atoms with Gasteiger partial charge in [0, 0.05) is 23.5 Å². The van der Waals surface area contributed by atoms with E-state index in [2.05, 4.69) is 10.3 Å². The molecule has 0 radical (unpaired) electrons. The third-order valence-electron chi connectivity index (χ3n) is 4.79. The summed E-state index contributed by atoms with van der Waals surface area (Å²) in [5.41, 5.74) is 3.65. The number of benzene rings is 3. The van der Waals surface area contributed by atoms with E-state index in [1.54, 1.807) is 24.5 Å². The average molecular weight is 394 g/mol. The van der Waals surface area contributed by atoms with E-state index in [1.165, 1.54) is 0 Å². The molecule has 0 bridgehead atoms. The van der Waals surface area contributed by atoms with Crippen LogP contribution in [-0.4, -0.2) is 10.9 Å². The minimum atomic E-state index is -0.221. The number of ether oxygens (including phenoxy) is 1. The van der Waals surface area contributed by atoms with Crippen molar-refractivity contribution in [2.45, 2.75) is 12.6 Å². The molecule has 0 unspecified atom stereocenters. The van der Waals surface area contributed by atoms with Gasteiger partial charge in [0.25, 0.3) is 5.91 Å². The Kier molecular flexibility index (Phi) is 6.16. The first-order valence-corrected chi connectivity index (χ1v) is 9.82. The van der Waals surface area contributed by atoms with Crippen molar-refractivity contribution in [3.63, 3.8) is 0 Å². The van der Waals surface area contributed by atoms with E-state index in [4.69, 9.17) is 4.74 Å². The third-order valence-corrected chi connectivity index (χ3v) is 4.79. The van der Waals surface area contributed by atoms with Crippen LogP contribution in [0.4, 0.5) is 0 Å². The Morgan fingerprint density at radius 1 is 0.800 bits per heavy atom. The monoisotopic (exact) mass is 394 g/mol. The molecule has 0 saturated carbocycles. The summed E-state index contributed by atoms with van der Waals surface area (Å²) in [4.78, 5) is 17.0. The Morgan fingerprint density at radius 2 is 1.43 bits per heavy atom. The van der Waals surface area contributed by atoms with Gasteiger partial charge in [0.05, 0.1) is 6.04 Å². The van der Waals surface area contributed by atoms with Crippen LogP contribution in [0.5, 0.6) is 5.75 Å². The second-order valence-electron chi connectivity index (χ2n) is 6.90.